The maximum atomic E-state index is 11.9. The van der Waals surface area contributed by atoms with Gasteiger partial charge >= 0.3 is 0 Å². The molecular weight excluding hydrogens is 260 g/mol. The fourth-order valence-electron chi connectivity index (χ4n) is 1.23. The zero-order chi connectivity index (χ0) is 12.5. The Kier molecular flexibility index (Phi) is 3.16. The van der Waals surface area contributed by atoms with E-state index in [0.29, 0.717) is 12.2 Å². The van der Waals surface area contributed by atoms with Crippen LogP contribution in [-0.4, -0.2) is 23.6 Å². The largest absolute Gasteiger partial charge is 0.273 e. The number of aryl methyl sites for hydroxylation is 2. The number of rotatable bonds is 4. The summed E-state index contributed by atoms with van der Waals surface area (Å²) >= 11 is 1.21. The second kappa shape index (κ2) is 4.46. The van der Waals surface area contributed by atoms with Crippen LogP contribution in [0.2, 0.25) is 0 Å². The number of anilines is 1. The van der Waals surface area contributed by atoms with Gasteiger partial charge in [-0.3, -0.25) is 5.10 Å². The summed E-state index contributed by atoms with van der Waals surface area (Å²) in [6.07, 6.45) is 0.673. The molecule has 0 aliphatic carbocycles. The van der Waals surface area contributed by atoms with Crippen molar-refractivity contribution >= 4 is 27.3 Å². The summed E-state index contributed by atoms with van der Waals surface area (Å²) in [6, 6.07) is 3.32. The van der Waals surface area contributed by atoms with Gasteiger partial charge in [-0.25, -0.2) is 13.1 Å². The molecule has 0 amide bonds. The molecule has 8 heteroatoms. The van der Waals surface area contributed by atoms with Gasteiger partial charge in [-0.1, -0.05) is 6.92 Å². The van der Waals surface area contributed by atoms with Crippen molar-refractivity contribution in [3.8, 4) is 0 Å². The minimum atomic E-state index is -3.56. The Bertz CT molecular complexity index is 614. The summed E-state index contributed by atoms with van der Waals surface area (Å²) in [5.41, 5.74) is 0. The summed E-state index contributed by atoms with van der Waals surface area (Å²) < 4.78 is 26.4. The lowest BCUT2D eigenvalue weighted by Gasteiger charge is -2.00. The number of aromatic nitrogens is 3. The number of hydrogen-bond donors (Lipinski definition) is 2. The average Bonchev–Trinajstić information content (AvgIpc) is 2.86. The molecule has 0 radical (unpaired) electrons. The highest BCUT2D eigenvalue weighted by Gasteiger charge is 2.18. The Morgan fingerprint density at radius 3 is 2.76 bits per heavy atom. The van der Waals surface area contributed by atoms with E-state index in [1.807, 2.05) is 13.8 Å². The predicted octanol–water partition coefficient (Wildman–Crippen LogP) is 1.54. The van der Waals surface area contributed by atoms with Crippen molar-refractivity contribution in [3.63, 3.8) is 0 Å². The van der Waals surface area contributed by atoms with Crippen molar-refractivity contribution in [3.05, 3.63) is 22.8 Å². The van der Waals surface area contributed by atoms with Crippen molar-refractivity contribution in [1.82, 2.24) is 15.2 Å². The molecule has 92 valence electrons. The molecule has 0 atom stereocenters. The van der Waals surface area contributed by atoms with Crippen LogP contribution in [0.4, 0.5) is 5.95 Å². The number of aromatic amines is 1. The van der Waals surface area contributed by atoms with E-state index in [0.717, 1.165) is 4.88 Å². The Morgan fingerprint density at radius 1 is 1.47 bits per heavy atom. The van der Waals surface area contributed by atoms with Gasteiger partial charge < -0.3 is 0 Å². The number of sulfonamides is 1. The van der Waals surface area contributed by atoms with Gasteiger partial charge in [0, 0.05) is 11.3 Å². The summed E-state index contributed by atoms with van der Waals surface area (Å²) in [4.78, 5) is 4.93. The highest BCUT2D eigenvalue weighted by molar-refractivity contribution is 7.94. The lowest BCUT2D eigenvalue weighted by molar-refractivity contribution is 0.602. The molecule has 0 aliphatic rings. The predicted molar refractivity (Wildman–Crippen MR) is 65.6 cm³/mol. The lowest BCUT2D eigenvalue weighted by atomic mass is 10.5. The second-order valence-corrected chi connectivity index (χ2v) is 6.63. The van der Waals surface area contributed by atoms with E-state index in [4.69, 9.17) is 0 Å². The van der Waals surface area contributed by atoms with Crippen molar-refractivity contribution < 1.29 is 8.42 Å². The first kappa shape index (κ1) is 12.1. The van der Waals surface area contributed by atoms with Crippen LogP contribution in [0.15, 0.2) is 16.3 Å². The first-order valence-electron chi connectivity index (χ1n) is 5.02. The molecular formula is C9H12N4O2S2. The fraction of sp³-hybridized carbons (Fsp3) is 0.333. The lowest BCUT2D eigenvalue weighted by Crippen LogP contribution is -2.12. The van der Waals surface area contributed by atoms with Gasteiger partial charge in [-0.05, 0) is 19.1 Å². The van der Waals surface area contributed by atoms with Crippen LogP contribution in [0.3, 0.4) is 0 Å². The van der Waals surface area contributed by atoms with Crippen LogP contribution in [0.25, 0.3) is 0 Å². The maximum absolute atomic E-state index is 11.9. The zero-order valence-corrected chi connectivity index (χ0v) is 11.0. The third-order valence-corrected chi connectivity index (χ3v) is 4.89. The maximum Gasteiger partial charge on any atom is 0.273 e. The molecule has 6 nitrogen and oxygen atoms in total. The number of H-pyrrole nitrogens is 1. The molecule has 0 bridgehead atoms. The van der Waals surface area contributed by atoms with Crippen LogP contribution >= 0.6 is 11.3 Å². The number of nitrogens with one attached hydrogen (secondary N) is 2. The normalized spacial score (nSPS) is 11.6. The van der Waals surface area contributed by atoms with Gasteiger partial charge in [0.25, 0.3) is 16.0 Å². The van der Waals surface area contributed by atoms with Crippen LogP contribution in [-0.2, 0) is 16.4 Å². The average molecular weight is 272 g/mol. The third-order valence-electron chi connectivity index (χ3n) is 2.07. The molecule has 0 saturated carbocycles. The van der Waals surface area contributed by atoms with E-state index in [-0.39, 0.29) is 10.2 Å². The number of thiophene rings is 1. The molecule has 2 N–H and O–H groups in total. The van der Waals surface area contributed by atoms with Gasteiger partial charge in [-0.15, -0.1) is 16.4 Å². The van der Waals surface area contributed by atoms with Gasteiger partial charge in [0.2, 0.25) is 0 Å². The molecule has 2 heterocycles. The van der Waals surface area contributed by atoms with E-state index < -0.39 is 10.0 Å². The minimum Gasteiger partial charge on any atom is -0.261 e. The molecule has 17 heavy (non-hydrogen) atoms. The van der Waals surface area contributed by atoms with Crippen LogP contribution in [0, 0.1) is 6.92 Å². The molecule has 2 aromatic heterocycles. The molecule has 0 unspecified atom stereocenters. The van der Waals surface area contributed by atoms with Crippen LogP contribution in [0.1, 0.15) is 17.6 Å². The molecule has 0 aromatic carbocycles. The molecule has 0 fully saturated rings. The quantitative estimate of drug-likeness (QED) is 0.883. The number of hydrogen-bond acceptors (Lipinski definition) is 5. The first-order valence-corrected chi connectivity index (χ1v) is 7.32. The van der Waals surface area contributed by atoms with Crippen LogP contribution in [0.5, 0.6) is 0 Å². The van der Waals surface area contributed by atoms with E-state index in [9.17, 15) is 8.42 Å². The third kappa shape index (κ3) is 2.64. The van der Waals surface area contributed by atoms with Crippen molar-refractivity contribution in [1.29, 1.82) is 0 Å². The van der Waals surface area contributed by atoms with Gasteiger partial charge in [-0.2, -0.15) is 4.98 Å². The van der Waals surface area contributed by atoms with E-state index in [1.165, 1.54) is 11.3 Å². The zero-order valence-electron chi connectivity index (χ0n) is 9.39. The molecule has 0 aliphatic heterocycles. The summed E-state index contributed by atoms with van der Waals surface area (Å²) in [5.74, 6) is 0.720. The number of nitrogens with zero attached hydrogens (tertiary/aromatic N) is 2. The minimum absolute atomic E-state index is 0.0768. The first-order chi connectivity index (χ1) is 8.01. The molecule has 0 spiro atoms. The summed E-state index contributed by atoms with van der Waals surface area (Å²) in [7, 11) is -3.56. The van der Waals surface area contributed by atoms with Crippen LogP contribution < -0.4 is 4.72 Å². The van der Waals surface area contributed by atoms with Crippen molar-refractivity contribution in [2.75, 3.05) is 4.72 Å². The topological polar surface area (TPSA) is 87.7 Å². The summed E-state index contributed by atoms with van der Waals surface area (Å²) in [5, 5.41) is 6.43. The van der Waals surface area contributed by atoms with Gasteiger partial charge in [0.1, 0.15) is 10.0 Å². The second-order valence-electron chi connectivity index (χ2n) is 3.43. The molecule has 2 rings (SSSR count). The Hall–Kier alpha value is -1.41. The van der Waals surface area contributed by atoms with Gasteiger partial charge in [0.05, 0.1) is 0 Å². The van der Waals surface area contributed by atoms with E-state index in [2.05, 4.69) is 19.9 Å². The Labute approximate surface area is 103 Å². The monoisotopic (exact) mass is 272 g/mol. The highest BCUT2D eigenvalue weighted by atomic mass is 32.2. The molecule has 2 aromatic rings. The smallest absolute Gasteiger partial charge is 0.261 e. The molecule has 0 saturated heterocycles. The highest BCUT2D eigenvalue weighted by Crippen LogP contribution is 2.22. The Morgan fingerprint density at radius 2 is 2.24 bits per heavy atom. The SMILES string of the molecule is CCc1nc(NS(=O)(=O)c2ccc(C)s2)n[nH]1. The van der Waals surface area contributed by atoms with E-state index >= 15 is 0 Å². The fourth-order valence-corrected chi connectivity index (χ4v) is 3.45. The van der Waals surface area contributed by atoms with Crippen molar-refractivity contribution in [2.24, 2.45) is 0 Å². The summed E-state index contributed by atoms with van der Waals surface area (Å²) in [6.45, 7) is 3.76. The standard InChI is InChI=1S/C9H12N4O2S2/c1-3-7-10-9(12-11-7)13-17(14,15)8-5-4-6(2)16-8/h4-5H,3H2,1-2H3,(H2,10,11,12,13). The van der Waals surface area contributed by atoms with E-state index in [1.54, 1.807) is 12.1 Å². The Balaban J connectivity index is 2.23. The van der Waals surface area contributed by atoms with Crippen molar-refractivity contribution in [2.45, 2.75) is 24.5 Å². The van der Waals surface area contributed by atoms with Gasteiger partial charge in [0.15, 0.2) is 0 Å².